The summed E-state index contributed by atoms with van der Waals surface area (Å²) >= 11 is 0. The average Bonchev–Trinajstić information content (AvgIpc) is 2.03. The van der Waals surface area contributed by atoms with E-state index in [0.717, 1.165) is 18.3 Å². The zero-order valence-corrected chi connectivity index (χ0v) is 10.1. The topological polar surface area (TPSA) is 0 Å². The Morgan fingerprint density at radius 1 is 1.15 bits per heavy atom. The summed E-state index contributed by atoms with van der Waals surface area (Å²) in [4.78, 5) is 0. The van der Waals surface area contributed by atoms with Crippen LogP contribution in [0.15, 0.2) is 0 Å². The van der Waals surface area contributed by atoms with Crippen molar-refractivity contribution in [3.05, 3.63) is 0 Å². The summed E-state index contributed by atoms with van der Waals surface area (Å²) in [5.41, 5.74) is 0. The van der Waals surface area contributed by atoms with Gasteiger partial charge in [0.1, 0.15) is 0 Å². The number of hydrogen-bond donors (Lipinski definition) is 0. The van der Waals surface area contributed by atoms with E-state index in [2.05, 4.69) is 40.5 Å². The van der Waals surface area contributed by atoms with Gasteiger partial charge in [0.05, 0.1) is 0 Å². The van der Waals surface area contributed by atoms with Gasteiger partial charge < -0.3 is 0 Å². The van der Waals surface area contributed by atoms with E-state index < -0.39 is 0 Å². The zero-order valence-electron chi connectivity index (χ0n) is 10.1. The summed E-state index contributed by atoms with van der Waals surface area (Å²) in [5, 5.41) is 0. The molecule has 0 nitrogen and oxygen atoms in total. The van der Waals surface area contributed by atoms with Crippen LogP contribution in [0.1, 0.15) is 60.3 Å². The fourth-order valence-corrected chi connectivity index (χ4v) is 0.757. The molecule has 0 saturated heterocycles. The fourth-order valence-electron chi connectivity index (χ4n) is 0.757. The smallest absolute Gasteiger partial charge is 0.00861 e. The Morgan fingerprint density at radius 2 is 1.62 bits per heavy atom. The molecule has 0 aliphatic carbocycles. The third kappa shape index (κ3) is 24.6. The highest BCUT2D eigenvalue weighted by atomic mass is 14.0. The number of rotatable bonds is 4. The molecule has 0 N–H and O–H groups in total. The molecule has 0 heterocycles. The van der Waals surface area contributed by atoms with Crippen molar-refractivity contribution in [2.24, 2.45) is 11.8 Å². The van der Waals surface area contributed by atoms with Crippen LogP contribution in [-0.4, -0.2) is 0 Å². The second-order valence-corrected chi connectivity index (χ2v) is 4.34. The molecule has 78 valence electrons. The molecule has 0 saturated carbocycles. The Morgan fingerprint density at radius 3 is 1.92 bits per heavy atom. The lowest BCUT2D eigenvalue weighted by Gasteiger charge is -2.04. The maximum Gasteiger partial charge on any atom is 0.00861 e. The summed E-state index contributed by atoms with van der Waals surface area (Å²) in [5.74, 6) is 4.34. The summed E-state index contributed by atoms with van der Waals surface area (Å²) < 4.78 is 0. The molecule has 0 bridgehead atoms. The van der Waals surface area contributed by atoms with E-state index in [-0.39, 0.29) is 0 Å². The SMILES string of the molecule is C#CCCCC(C)CC.CC(C)C. The van der Waals surface area contributed by atoms with Crippen molar-refractivity contribution < 1.29 is 0 Å². The van der Waals surface area contributed by atoms with Crippen LogP contribution in [0.2, 0.25) is 0 Å². The minimum atomic E-state index is 0.833. The number of terminal acetylenes is 1. The van der Waals surface area contributed by atoms with Crippen LogP contribution in [-0.2, 0) is 0 Å². The third-order valence-corrected chi connectivity index (χ3v) is 1.71. The largest absolute Gasteiger partial charge is 0.120 e. The molecule has 0 radical (unpaired) electrons. The molecule has 0 aromatic carbocycles. The van der Waals surface area contributed by atoms with Crippen molar-refractivity contribution in [2.45, 2.75) is 60.3 Å². The third-order valence-electron chi connectivity index (χ3n) is 1.71. The lowest BCUT2D eigenvalue weighted by atomic mass is 10.0. The highest BCUT2D eigenvalue weighted by molar-refractivity contribution is 4.82. The Hall–Kier alpha value is -0.440. The lowest BCUT2D eigenvalue weighted by molar-refractivity contribution is 0.500. The van der Waals surface area contributed by atoms with Crippen LogP contribution in [0.4, 0.5) is 0 Å². The molecule has 0 rings (SSSR count). The molecular weight excluding hydrogens is 156 g/mol. The van der Waals surface area contributed by atoms with Gasteiger partial charge in [-0.15, -0.1) is 12.3 Å². The number of unbranched alkanes of at least 4 members (excludes halogenated alkanes) is 1. The van der Waals surface area contributed by atoms with Crippen molar-refractivity contribution in [1.82, 2.24) is 0 Å². The molecule has 0 spiro atoms. The Bertz CT molecular complexity index is 114. The average molecular weight is 182 g/mol. The van der Waals surface area contributed by atoms with Gasteiger partial charge in [0.15, 0.2) is 0 Å². The normalized spacial score (nSPS) is 11.5. The first-order chi connectivity index (χ1) is 6.04. The lowest BCUT2D eigenvalue weighted by Crippen LogP contribution is -1.90. The van der Waals surface area contributed by atoms with Crippen molar-refractivity contribution >= 4 is 0 Å². The van der Waals surface area contributed by atoms with Crippen LogP contribution < -0.4 is 0 Å². The van der Waals surface area contributed by atoms with E-state index in [9.17, 15) is 0 Å². The van der Waals surface area contributed by atoms with Gasteiger partial charge in [0.2, 0.25) is 0 Å². The van der Waals surface area contributed by atoms with Crippen LogP contribution in [0.25, 0.3) is 0 Å². The first-order valence-electron chi connectivity index (χ1n) is 5.48. The summed E-state index contributed by atoms with van der Waals surface area (Å²) in [6.45, 7) is 11.0. The molecular formula is C13H26. The molecule has 0 aromatic heterocycles. The van der Waals surface area contributed by atoms with E-state index in [4.69, 9.17) is 6.42 Å². The zero-order chi connectivity index (χ0) is 10.7. The van der Waals surface area contributed by atoms with Gasteiger partial charge in [-0.2, -0.15) is 0 Å². The first-order valence-corrected chi connectivity index (χ1v) is 5.48. The predicted molar refractivity (Wildman–Crippen MR) is 62.7 cm³/mol. The Labute approximate surface area is 85.1 Å². The molecule has 0 fully saturated rings. The number of hydrogen-bond acceptors (Lipinski definition) is 0. The van der Waals surface area contributed by atoms with Gasteiger partial charge in [-0.25, -0.2) is 0 Å². The van der Waals surface area contributed by atoms with Crippen LogP contribution >= 0.6 is 0 Å². The molecule has 1 atom stereocenters. The summed E-state index contributed by atoms with van der Waals surface area (Å²) in [6, 6.07) is 0. The van der Waals surface area contributed by atoms with Crippen LogP contribution in [0, 0.1) is 24.2 Å². The Kier molecular flexibility index (Phi) is 13.4. The molecule has 0 aromatic rings. The standard InChI is InChI=1S/C9H16.C4H10/c1-4-6-7-8-9(3)5-2;1-4(2)3/h1,9H,5-8H2,2-3H3;4H,1-3H3. The van der Waals surface area contributed by atoms with Crippen molar-refractivity contribution in [1.29, 1.82) is 0 Å². The molecule has 1 unspecified atom stereocenters. The van der Waals surface area contributed by atoms with Gasteiger partial charge in [-0.1, -0.05) is 41.0 Å². The van der Waals surface area contributed by atoms with Gasteiger partial charge in [-0.3, -0.25) is 0 Å². The Balaban J connectivity index is 0. The molecule has 0 aliphatic heterocycles. The van der Waals surface area contributed by atoms with E-state index >= 15 is 0 Å². The maximum atomic E-state index is 5.11. The quantitative estimate of drug-likeness (QED) is 0.443. The van der Waals surface area contributed by atoms with Gasteiger partial charge in [0, 0.05) is 6.42 Å². The van der Waals surface area contributed by atoms with Crippen LogP contribution in [0.3, 0.4) is 0 Å². The van der Waals surface area contributed by atoms with Gasteiger partial charge in [0.25, 0.3) is 0 Å². The molecule has 0 heteroatoms. The van der Waals surface area contributed by atoms with Crippen LogP contribution in [0.5, 0.6) is 0 Å². The first kappa shape index (κ1) is 15.1. The molecule has 0 aliphatic rings. The minimum Gasteiger partial charge on any atom is -0.120 e. The van der Waals surface area contributed by atoms with E-state index in [0.29, 0.717) is 0 Å². The monoisotopic (exact) mass is 182 g/mol. The van der Waals surface area contributed by atoms with Gasteiger partial charge in [-0.05, 0) is 24.7 Å². The summed E-state index contributed by atoms with van der Waals surface area (Å²) in [6.07, 6.45) is 9.83. The van der Waals surface area contributed by atoms with E-state index in [1.54, 1.807) is 0 Å². The highest BCUT2D eigenvalue weighted by Crippen LogP contribution is 2.09. The second-order valence-electron chi connectivity index (χ2n) is 4.34. The predicted octanol–water partition coefficient (Wildman–Crippen LogP) is 4.50. The van der Waals surface area contributed by atoms with Gasteiger partial charge >= 0.3 is 0 Å². The van der Waals surface area contributed by atoms with Crippen molar-refractivity contribution in [3.63, 3.8) is 0 Å². The molecule has 0 amide bonds. The minimum absolute atomic E-state index is 0.833. The highest BCUT2D eigenvalue weighted by Gasteiger charge is 1.95. The van der Waals surface area contributed by atoms with Crippen molar-refractivity contribution in [2.75, 3.05) is 0 Å². The van der Waals surface area contributed by atoms with E-state index in [1.807, 2.05) is 0 Å². The van der Waals surface area contributed by atoms with Crippen molar-refractivity contribution in [3.8, 4) is 12.3 Å². The second kappa shape index (κ2) is 11.6. The summed E-state index contributed by atoms with van der Waals surface area (Å²) in [7, 11) is 0. The van der Waals surface area contributed by atoms with E-state index in [1.165, 1.54) is 19.3 Å². The fraction of sp³-hybridized carbons (Fsp3) is 0.846. The maximum absolute atomic E-state index is 5.11. The molecule has 13 heavy (non-hydrogen) atoms.